The fourth-order valence-electron chi connectivity index (χ4n) is 1.68. The van der Waals surface area contributed by atoms with Crippen LogP contribution in [0.15, 0.2) is 18.2 Å². The Labute approximate surface area is 101 Å². The second-order valence-electron chi connectivity index (χ2n) is 3.81. The van der Waals surface area contributed by atoms with Gasteiger partial charge < -0.3 is 4.90 Å². The normalized spacial score (nSPS) is 15.6. The lowest BCUT2D eigenvalue weighted by Crippen LogP contribution is -2.42. The quantitative estimate of drug-likeness (QED) is 0.762. The first-order chi connectivity index (χ1) is 7.91. The van der Waals surface area contributed by atoms with Crippen LogP contribution in [-0.4, -0.2) is 23.9 Å². The number of amides is 1. The van der Waals surface area contributed by atoms with Gasteiger partial charge in [0.15, 0.2) is 0 Å². The first kappa shape index (κ1) is 12.2. The molecule has 1 aromatic carbocycles. The molecule has 0 aromatic heterocycles. The molecular weight excluding hydrogens is 255 g/mol. The van der Waals surface area contributed by atoms with Crippen molar-refractivity contribution in [3.05, 3.63) is 34.3 Å². The van der Waals surface area contributed by atoms with E-state index in [9.17, 15) is 18.0 Å². The van der Waals surface area contributed by atoms with Gasteiger partial charge >= 0.3 is 6.18 Å². The number of carbonyl (C=O) groups excluding carboxylic acids is 1. The Morgan fingerprint density at radius 3 is 2.41 bits per heavy atom. The summed E-state index contributed by atoms with van der Waals surface area (Å²) in [5.74, 6) is -0.605. The van der Waals surface area contributed by atoms with Crippen LogP contribution in [0.25, 0.3) is 0 Å². The van der Waals surface area contributed by atoms with Gasteiger partial charge in [0.25, 0.3) is 5.91 Å². The standard InChI is InChI=1S/C11H9ClF3NO/c12-8-4-1-3-7(9(8)11(13,14)15)10(17)16-5-2-6-16/h1,3-4H,2,5-6H2. The lowest BCUT2D eigenvalue weighted by molar-refractivity contribution is -0.137. The Kier molecular flexibility index (Phi) is 3.03. The number of alkyl halides is 3. The minimum atomic E-state index is -4.62. The third kappa shape index (κ3) is 2.24. The van der Waals surface area contributed by atoms with Crippen LogP contribution < -0.4 is 0 Å². The molecule has 1 amide bonds. The van der Waals surface area contributed by atoms with Crippen LogP contribution in [0.2, 0.25) is 5.02 Å². The first-order valence-corrected chi connectivity index (χ1v) is 5.44. The van der Waals surface area contributed by atoms with Crippen LogP contribution in [0.5, 0.6) is 0 Å². The molecule has 0 aliphatic carbocycles. The van der Waals surface area contributed by atoms with Gasteiger partial charge in [-0.25, -0.2) is 0 Å². The van der Waals surface area contributed by atoms with Crippen molar-refractivity contribution in [1.29, 1.82) is 0 Å². The van der Waals surface area contributed by atoms with E-state index in [-0.39, 0.29) is 5.56 Å². The summed E-state index contributed by atoms with van der Waals surface area (Å²) in [7, 11) is 0. The topological polar surface area (TPSA) is 20.3 Å². The van der Waals surface area contributed by atoms with Gasteiger partial charge in [0, 0.05) is 13.1 Å². The summed E-state index contributed by atoms with van der Waals surface area (Å²) in [6.07, 6.45) is -3.79. The van der Waals surface area contributed by atoms with Crippen LogP contribution >= 0.6 is 11.6 Å². The number of nitrogens with zero attached hydrogens (tertiary/aromatic N) is 1. The molecule has 0 unspecified atom stereocenters. The zero-order valence-electron chi connectivity index (χ0n) is 8.72. The molecule has 2 rings (SSSR count). The molecule has 0 N–H and O–H groups in total. The molecule has 0 bridgehead atoms. The number of carbonyl (C=O) groups is 1. The summed E-state index contributed by atoms with van der Waals surface area (Å²) < 4.78 is 38.4. The fourth-order valence-corrected chi connectivity index (χ4v) is 1.96. The highest BCUT2D eigenvalue weighted by Crippen LogP contribution is 2.37. The van der Waals surface area contributed by atoms with E-state index < -0.39 is 22.7 Å². The molecule has 1 heterocycles. The summed E-state index contributed by atoms with van der Waals surface area (Å²) >= 11 is 5.53. The van der Waals surface area contributed by atoms with Gasteiger partial charge in [-0.3, -0.25) is 4.79 Å². The molecule has 0 atom stereocenters. The van der Waals surface area contributed by atoms with Gasteiger partial charge in [0.05, 0.1) is 16.1 Å². The van der Waals surface area contributed by atoms with Crippen LogP contribution in [-0.2, 0) is 6.18 Å². The zero-order valence-corrected chi connectivity index (χ0v) is 9.48. The van der Waals surface area contributed by atoms with E-state index in [0.717, 1.165) is 18.6 Å². The molecule has 1 saturated heterocycles. The number of halogens is 4. The van der Waals surface area contributed by atoms with E-state index in [1.54, 1.807) is 0 Å². The van der Waals surface area contributed by atoms with Gasteiger partial charge in [-0.2, -0.15) is 13.2 Å². The number of rotatable bonds is 1. The molecule has 0 spiro atoms. The van der Waals surface area contributed by atoms with E-state index in [1.807, 2.05) is 0 Å². The molecule has 0 saturated carbocycles. The van der Waals surface area contributed by atoms with E-state index in [0.29, 0.717) is 13.1 Å². The summed E-state index contributed by atoms with van der Waals surface area (Å²) in [6, 6.07) is 3.65. The summed E-state index contributed by atoms with van der Waals surface area (Å²) in [6.45, 7) is 1.01. The maximum absolute atomic E-state index is 12.8. The molecule has 1 aliphatic heterocycles. The minimum Gasteiger partial charge on any atom is -0.339 e. The van der Waals surface area contributed by atoms with Crippen LogP contribution in [0.1, 0.15) is 22.3 Å². The van der Waals surface area contributed by atoms with E-state index in [4.69, 9.17) is 11.6 Å². The molecule has 1 aromatic rings. The average Bonchev–Trinajstić information content (AvgIpc) is 2.12. The van der Waals surface area contributed by atoms with Crippen molar-refractivity contribution < 1.29 is 18.0 Å². The van der Waals surface area contributed by atoms with Gasteiger partial charge in [-0.05, 0) is 18.6 Å². The third-order valence-corrected chi connectivity index (χ3v) is 2.99. The van der Waals surface area contributed by atoms with Crippen molar-refractivity contribution in [3.63, 3.8) is 0 Å². The van der Waals surface area contributed by atoms with Crippen molar-refractivity contribution in [2.45, 2.75) is 12.6 Å². The number of likely N-dealkylation sites (tertiary alicyclic amines) is 1. The molecular formula is C11H9ClF3NO. The van der Waals surface area contributed by atoms with Crippen molar-refractivity contribution in [2.75, 3.05) is 13.1 Å². The van der Waals surface area contributed by atoms with E-state index in [1.165, 1.54) is 11.0 Å². The van der Waals surface area contributed by atoms with Crippen molar-refractivity contribution in [2.24, 2.45) is 0 Å². The number of hydrogen-bond donors (Lipinski definition) is 0. The molecule has 92 valence electrons. The Morgan fingerprint density at radius 1 is 1.29 bits per heavy atom. The predicted octanol–water partition coefficient (Wildman–Crippen LogP) is 3.20. The highest BCUT2D eigenvalue weighted by atomic mass is 35.5. The Hall–Kier alpha value is -1.23. The maximum atomic E-state index is 12.8. The van der Waals surface area contributed by atoms with E-state index >= 15 is 0 Å². The second kappa shape index (κ2) is 4.22. The predicted molar refractivity (Wildman–Crippen MR) is 57.0 cm³/mol. The fraction of sp³-hybridized carbons (Fsp3) is 0.364. The SMILES string of the molecule is O=C(c1cccc(Cl)c1C(F)(F)F)N1CCC1. The Balaban J connectivity index is 2.46. The third-order valence-electron chi connectivity index (χ3n) is 2.67. The average molecular weight is 264 g/mol. The first-order valence-electron chi connectivity index (χ1n) is 5.06. The lowest BCUT2D eigenvalue weighted by Gasteiger charge is -2.31. The van der Waals surface area contributed by atoms with Gasteiger partial charge in [0.1, 0.15) is 0 Å². The second-order valence-corrected chi connectivity index (χ2v) is 4.21. The minimum absolute atomic E-state index is 0.371. The van der Waals surface area contributed by atoms with Crippen molar-refractivity contribution in [3.8, 4) is 0 Å². The molecule has 1 aliphatic rings. The van der Waals surface area contributed by atoms with Crippen molar-refractivity contribution in [1.82, 2.24) is 4.90 Å². The van der Waals surface area contributed by atoms with Crippen molar-refractivity contribution >= 4 is 17.5 Å². The zero-order chi connectivity index (χ0) is 12.6. The monoisotopic (exact) mass is 263 g/mol. The Bertz CT molecular complexity index is 455. The molecule has 0 radical (unpaired) electrons. The molecule has 17 heavy (non-hydrogen) atoms. The highest BCUT2D eigenvalue weighted by molar-refractivity contribution is 6.32. The number of hydrogen-bond acceptors (Lipinski definition) is 1. The van der Waals surface area contributed by atoms with Gasteiger partial charge in [-0.1, -0.05) is 17.7 Å². The van der Waals surface area contributed by atoms with Crippen LogP contribution in [0, 0.1) is 0 Å². The summed E-state index contributed by atoms with van der Waals surface area (Å²) in [5.41, 5.74) is -1.41. The summed E-state index contributed by atoms with van der Waals surface area (Å²) in [4.78, 5) is 13.2. The molecule has 1 fully saturated rings. The lowest BCUT2D eigenvalue weighted by atomic mass is 10.0. The molecule has 2 nitrogen and oxygen atoms in total. The van der Waals surface area contributed by atoms with Crippen LogP contribution in [0.4, 0.5) is 13.2 Å². The smallest absolute Gasteiger partial charge is 0.339 e. The van der Waals surface area contributed by atoms with Gasteiger partial charge in [-0.15, -0.1) is 0 Å². The molecule has 6 heteroatoms. The van der Waals surface area contributed by atoms with E-state index in [2.05, 4.69) is 0 Å². The van der Waals surface area contributed by atoms with Crippen LogP contribution in [0.3, 0.4) is 0 Å². The summed E-state index contributed by atoms with van der Waals surface area (Å²) in [5, 5.41) is -0.441. The van der Waals surface area contributed by atoms with Gasteiger partial charge in [0.2, 0.25) is 0 Å². The maximum Gasteiger partial charge on any atom is 0.418 e. The largest absolute Gasteiger partial charge is 0.418 e. The Morgan fingerprint density at radius 2 is 1.94 bits per heavy atom. The highest BCUT2D eigenvalue weighted by Gasteiger charge is 2.39. The number of benzene rings is 1.